The second-order valence-electron chi connectivity index (χ2n) is 7.92. The van der Waals surface area contributed by atoms with Crippen molar-refractivity contribution in [3.05, 3.63) is 23.8 Å². The monoisotopic (exact) mass is 398 g/mol. The minimum absolute atomic E-state index is 0.131. The average molecular weight is 399 g/mol. The molecule has 1 aliphatic rings. The Kier molecular flexibility index (Phi) is 6.62. The van der Waals surface area contributed by atoms with Crippen LogP contribution >= 0.6 is 0 Å². The predicted octanol–water partition coefficient (Wildman–Crippen LogP) is 3.14. The van der Waals surface area contributed by atoms with Gasteiger partial charge in [-0.15, -0.1) is 0 Å². The number of hydrogen-bond acceptors (Lipinski definition) is 5. The number of urea groups is 1. The maximum Gasteiger partial charge on any atom is 0.318 e. The van der Waals surface area contributed by atoms with Gasteiger partial charge in [-0.2, -0.15) is 8.42 Å². The number of hydrogen-bond donors (Lipinski definition) is 1. The van der Waals surface area contributed by atoms with Crippen LogP contribution in [0.2, 0.25) is 0 Å². The zero-order valence-electron chi connectivity index (χ0n) is 16.7. The van der Waals surface area contributed by atoms with Gasteiger partial charge in [0.25, 0.3) is 0 Å². The third-order valence-corrected chi connectivity index (χ3v) is 5.26. The lowest BCUT2D eigenvalue weighted by atomic mass is 10.1. The lowest BCUT2D eigenvalue weighted by Gasteiger charge is -2.29. The molecule has 7 nitrogen and oxygen atoms in total. The molecule has 152 valence electrons. The van der Waals surface area contributed by atoms with Gasteiger partial charge in [-0.3, -0.25) is 0 Å². The molecule has 0 spiro atoms. The molecule has 1 saturated carbocycles. The Morgan fingerprint density at radius 2 is 1.93 bits per heavy atom. The molecule has 0 saturated heterocycles. The Morgan fingerprint density at radius 3 is 2.44 bits per heavy atom. The van der Waals surface area contributed by atoms with Crippen LogP contribution in [0, 0.1) is 5.92 Å². The Labute approximate surface area is 162 Å². The summed E-state index contributed by atoms with van der Waals surface area (Å²) in [4.78, 5) is 14.4. The molecule has 2 amide bonds. The van der Waals surface area contributed by atoms with Crippen LogP contribution in [0.25, 0.3) is 0 Å². The molecule has 8 heteroatoms. The van der Waals surface area contributed by atoms with Crippen LogP contribution in [0.5, 0.6) is 11.5 Å². The summed E-state index contributed by atoms with van der Waals surface area (Å²) in [6.07, 6.45) is 2.26. The van der Waals surface area contributed by atoms with Crippen molar-refractivity contribution in [2.45, 2.75) is 52.6 Å². The Balaban J connectivity index is 2.22. The molecule has 0 unspecified atom stereocenters. The fourth-order valence-corrected chi connectivity index (χ4v) is 3.05. The molecule has 1 aliphatic carbocycles. The summed E-state index contributed by atoms with van der Waals surface area (Å²) in [5.74, 6) is 0.871. The summed E-state index contributed by atoms with van der Waals surface area (Å²) in [6.45, 7) is 8.38. The summed E-state index contributed by atoms with van der Waals surface area (Å²) in [5.41, 5.74) is 0.448. The molecule has 0 atom stereocenters. The predicted molar refractivity (Wildman–Crippen MR) is 105 cm³/mol. The van der Waals surface area contributed by atoms with Crippen LogP contribution in [-0.2, 0) is 16.7 Å². The van der Waals surface area contributed by atoms with E-state index in [1.165, 1.54) is 14.0 Å². The highest BCUT2D eigenvalue weighted by Crippen LogP contribution is 2.32. The van der Waals surface area contributed by atoms with Gasteiger partial charge in [0.05, 0.1) is 12.9 Å². The number of nitrogens with zero attached hydrogens (tertiary/aromatic N) is 1. The minimum Gasteiger partial charge on any atom is -0.493 e. The first-order valence-corrected chi connectivity index (χ1v) is 10.8. The van der Waals surface area contributed by atoms with Crippen molar-refractivity contribution in [3.63, 3.8) is 0 Å². The molecule has 27 heavy (non-hydrogen) atoms. The van der Waals surface area contributed by atoms with E-state index in [0.29, 0.717) is 24.8 Å². The highest BCUT2D eigenvalue weighted by molar-refractivity contribution is 7.87. The molecule has 1 N–H and O–H groups in total. The number of rotatable bonds is 8. The van der Waals surface area contributed by atoms with Crippen molar-refractivity contribution < 1.29 is 22.1 Å². The van der Waals surface area contributed by atoms with E-state index in [1.807, 2.05) is 26.8 Å². The smallest absolute Gasteiger partial charge is 0.318 e. The van der Waals surface area contributed by atoms with Gasteiger partial charge in [-0.05, 0) is 64.2 Å². The van der Waals surface area contributed by atoms with Crippen molar-refractivity contribution in [1.29, 1.82) is 0 Å². The van der Waals surface area contributed by atoms with Crippen LogP contribution in [0.3, 0.4) is 0 Å². The zero-order valence-corrected chi connectivity index (χ0v) is 17.6. The van der Waals surface area contributed by atoms with E-state index in [4.69, 9.17) is 8.92 Å². The summed E-state index contributed by atoms with van der Waals surface area (Å²) >= 11 is 0. The van der Waals surface area contributed by atoms with E-state index >= 15 is 0 Å². The molecule has 1 aromatic carbocycles. The number of carbonyl (C=O) groups is 1. The fraction of sp³-hybridized carbons (Fsp3) is 0.632. The highest BCUT2D eigenvalue weighted by Gasteiger charge is 2.28. The Hall–Kier alpha value is -1.96. The number of nitrogens with one attached hydrogen (secondary N) is 1. The normalized spacial score (nSPS) is 14.6. The van der Waals surface area contributed by atoms with Gasteiger partial charge in [0, 0.05) is 18.6 Å². The molecular formula is C19H30N2O5S. The molecule has 0 radical (unpaired) electrons. The highest BCUT2D eigenvalue weighted by atomic mass is 32.2. The number of benzene rings is 1. The minimum atomic E-state index is -3.67. The van der Waals surface area contributed by atoms with Gasteiger partial charge in [0.15, 0.2) is 11.5 Å². The van der Waals surface area contributed by atoms with Crippen molar-refractivity contribution >= 4 is 16.1 Å². The van der Waals surface area contributed by atoms with Crippen molar-refractivity contribution in [2.75, 3.05) is 19.4 Å². The Bertz CT molecular complexity index is 767. The summed E-state index contributed by atoms with van der Waals surface area (Å²) in [5, 5.41) is 2.99. The third kappa shape index (κ3) is 6.93. The molecule has 1 fully saturated rings. The van der Waals surface area contributed by atoms with E-state index < -0.39 is 10.1 Å². The number of amides is 2. The van der Waals surface area contributed by atoms with Gasteiger partial charge in [0.2, 0.25) is 0 Å². The summed E-state index contributed by atoms with van der Waals surface area (Å²) < 4.78 is 34.0. The van der Waals surface area contributed by atoms with Gasteiger partial charge in [0.1, 0.15) is 0 Å². The second-order valence-corrected chi connectivity index (χ2v) is 9.78. The summed E-state index contributed by atoms with van der Waals surface area (Å²) in [6, 6.07) is 4.96. The van der Waals surface area contributed by atoms with Gasteiger partial charge >= 0.3 is 16.1 Å². The second kappa shape index (κ2) is 8.37. The summed E-state index contributed by atoms with van der Waals surface area (Å²) in [7, 11) is -2.22. The SMILES string of the molecule is CCS(=O)(=O)Oc1cc(CN(CC2CC2)C(=O)NC(C)(C)C)ccc1OC. The first kappa shape index (κ1) is 21.3. The Morgan fingerprint density at radius 1 is 1.26 bits per heavy atom. The average Bonchev–Trinajstić information content (AvgIpc) is 3.36. The lowest BCUT2D eigenvalue weighted by molar-refractivity contribution is 0.183. The van der Waals surface area contributed by atoms with E-state index in [9.17, 15) is 13.2 Å². The van der Waals surface area contributed by atoms with E-state index in [2.05, 4.69) is 5.32 Å². The quantitative estimate of drug-likeness (QED) is 0.680. The molecular weight excluding hydrogens is 368 g/mol. The van der Waals surface area contributed by atoms with Crippen molar-refractivity contribution in [1.82, 2.24) is 10.2 Å². The van der Waals surface area contributed by atoms with Gasteiger partial charge < -0.3 is 19.1 Å². The fourth-order valence-electron chi connectivity index (χ4n) is 2.53. The van der Waals surface area contributed by atoms with Crippen LogP contribution in [0.15, 0.2) is 18.2 Å². The van der Waals surface area contributed by atoms with Gasteiger partial charge in [-0.1, -0.05) is 6.07 Å². The first-order chi connectivity index (χ1) is 12.5. The van der Waals surface area contributed by atoms with Crippen LogP contribution in [0.1, 0.15) is 46.1 Å². The lowest BCUT2D eigenvalue weighted by Crippen LogP contribution is -2.48. The topological polar surface area (TPSA) is 84.9 Å². The largest absolute Gasteiger partial charge is 0.493 e. The van der Waals surface area contributed by atoms with Crippen LogP contribution < -0.4 is 14.2 Å². The van der Waals surface area contributed by atoms with E-state index in [-0.39, 0.29) is 23.1 Å². The van der Waals surface area contributed by atoms with E-state index in [0.717, 1.165) is 18.4 Å². The molecule has 0 aromatic heterocycles. The van der Waals surface area contributed by atoms with Crippen molar-refractivity contribution in [2.24, 2.45) is 5.92 Å². The van der Waals surface area contributed by atoms with Crippen molar-refractivity contribution in [3.8, 4) is 11.5 Å². The maximum absolute atomic E-state index is 12.7. The number of ether oxygens (including phenoxy) is 1. The molecule has 2 rings (SSSR count). The molecule has 0 bridgehead atoms. The molecule has 0 heterocycles. The maximum atomic E-state index is 12.7. The van der Waals surface area contributed by atoms with Crippen LogP contribution in [0.4, 0.5) is 4.79 Å². The number of methoxy groups -OCH3 is 1. The number of carbonyl (C=O) groups excluding carboxylic acids is 1. The molecule has 1 aromatic rings. The van der Waals surface area contributed by atoms with E-state index in [1.54, 1.807) is 17.0 Å². The molecule has 0 aliphatic heterocycles. The van der Waals surface area contributed by atoms with Crippen LogP contribution in [-0.4, -0.2) is 44.3 Å². The zero-order chi connectivity index (χ0) is 20.2. The first-order valence-electron chi connectivity index (χ1n) is 9.19. The van der Waals surface area contributed by atoms with Gasteiger partial charge in [-0.25, -0.2) is 4.79 Å². The third-order valence-electron chi connectivity index (χ3n) is 4.12. The standard InChI is InChI=1S/C19H30N2O5S/c1-6-27(23,24)26-17-11-15(9-10-16(17)25-5)13-21(12-14-7-8-14)18(22)20-19(2,3)4/h9-11,14H,6-8,12-13H2,1-5H3,(H,20,22).